The Balaban J connectivity index is 1.74. The summed E-state index contributed by atoms with van der Waals surface area (Å²) in [6.45, 7) is 5.70. The first-order valence-corrected chi connectivity index (χ1v) is 11.7. The Hall–Kier alpha value is -3.19. The minimum absolute atomic E-state index is 0.0286. The van der Waals surface area contributed by atoms with Gasteiger partial charge in [-0.15, -0.1) is 0 Å². The number of carbonyl (C=O) groups is 2. The molecule has 7 heteroatoms. The number of ketones is 1. The quantitative estimate of drug-likeness (QED) is 0.412. The molecule has 0 fully saturated rings. The zero-order chi connectivity index (χ0) is 22.8. The van der Waals surface area contributed by atoms with Crippen molar-refractivity contribution in [2.45, 2.75) is 32.2 Å². The fourth-order valence-corrected chi connectivity index (χ4v) is 4.08. The number of Topliss-reactive ketones (excluding diaryl/α,β-unsaturated/α-hetero) is 1. The molecule has 0 saturated heterocycles. The van der Waals surface area contributed by atoms with Crippen molar-refractivity contribution in [1.29, 1.82) is 0 Å². The van der Waals surface area contributed by atoms with Gasteiger partial charge in [0.25, 0.3) is 0 Å². The largest absolute Gasteiger partial charge is 0.454 e. The van der Waals surface area contributed by atoms with Crippen molar-refractivity contribution in [2.75, 3.05) is 12.9 Å². The highest BCUT2D eigenvalue weighted by Crippen LogP contribution is 2.19. The molecule has 1 heterocycles. The highest BCUT2D eigenvalue weighted by Gasteiger charge is 2.20. The van der Waals surface area contributed by atoms with E-state index in [-0.39, 0.29) is 16.2 Å². The zero-order valence-electron chi connectivity index (χ0n) is 18.0. The second-order valence-electron chi connectivity index (χ2n) is 7.60. The fourth-order valence-electron chi connectivity index (χ4n) is 3.43. The minimum atomic E-state index is -3.46. The van der Waals surface area contributed by atoms with Crippen molar-refractivity contribution in [3.05, 3.63) is 88.2 Å². The number of sulfone groups is 1. The Morgan fingerprint density at radius 3 is 2.26 bits per heavy atom. The van der Waals surface area contributed by atoms with Gasteiger partial charge in [-0.05, 0) is 50.1 Å². The number of aromatic nitrogens is 1. The van der Waals surface area contributed by atoms with Crippen LogP contribution in [0, 0.1) is 20.8 Å². The Bertz CT molecular complexity index is 1240. The van der Waals surface area contributed by atoms with E-state index < -0.39 is 22.4 Å². The van der Waals surface area contributed by atoms with Crippen molar-refractivity contribution in [1.82, 2.24) is 4.57 Å². The maximum atomic E-state index is 12.7. The predicted octanol–water partition coefficient (Wildman–Crippen LogP) is 3.90. The first-order chi connectivity index (χ1) is 14.6. The van der Waals surface area contributed by atoms with Gasteiger partial charge >= 0.3 is 5.97 Å². The average Bonchev–Trinajstić information content (AvgIpc) is 3.00. The third-order valence-corrected chi connectivity index (χ3v) is 6.36. The number of hydrogen-bond acceptors (Lipinski definition) is 5. The van der Waals surface area contributed by atoms with Crippen LogP contribution in [0.15, 0.2) is 59.5 Å². The molecule has 1 aromatic heterocycles. The summed E-state index contributed by atoms with van der Waals surface area (Å²) in [5.74, 6) is -1.04. The van der Waals surface area contributed by atoms with Crippen LogP contribution in [0.5, 0.6) is 0 Å². The van der Waals surface area contributed by atoms with Gasteiger partial charge in [0.05, 0.1) is 10.5 Å². The number of aryl methyl sites for hydroxylation is 2. The van der Waals surface area contributed by atoms with Gasteiger partial charge in [0.2, 0.25) is 5.78 Å². The molecule has 0 aliphatic heterocycles. The second-order valence-corrected chi connectivity index (χ2v) is 9.62. The average molecular weight is 440 g/mol. The van der Waals surface area contributed by atoms with Gasteiger partial charge in [0.15, 0.2) is 16.4 Å². The van der Waals surface area contributed by atoms with Crippen LogP contribution in [0.3, 0.4) is 0 Å². The maximum Gasteiger partial charge on any atom is 0.338 e. The van der Waals surface area contributed by atoms with Gasteiger partial charge in [0.1, 0.15) is 0 Å². The molecule has 2 aromatic carbocycles. The van der Waals surface area contributed by atoms with Crippen LogP contribution in [0.2, 0.25) is 0 Å². The van der Waals surface area contributed by atoms with E-state index in [1.54, 1.807) is 19.1 Å². The molecule has 162 valence electrons. The van der Waals surface area contributed by atoms with Gasteiger partial charge in [-0.3, -0.25) is 4.79 Å². The van der Waals surface area contributed by atoms with E-state index >= 15 is 0 Å². The van der Waals surface area contributed by atoms with Gasteiger partial charge in [-0.25, -0.2) is 13.2 Å². The van der Waals surface area contributed by atoms with Gasteiger partial charge in [0, 0.05) is 29.8 Å². The lowest BCUT2D eigenvalue weighted by molar-refractivity contribution is 0.0473. The van der Waals surface area contributed by atoms with E-state index in [2.05, 4.69) is 0 Å². The molecular formula is C24H25NO5S. The molecule has 0 aliphatic carbocycles. The van der Waals surface area contributed by atoms with Crippen molar-refractivity contribution in [3.63, 3.8) is 0 Å². The van der Waals surface area contributed by atoms with E-state index in [0.717, 1.165) is 23.2 Å². The summed E-state index contributed by atoms with van der Waals surface area (Å²) in [6.07, 6.45) is 1.07. The molecule has 0 saturated carbocycles. The Morgan fingerprint density at radius 1 is 0.935 bits per heavy atom. The van der Waals surface area contributed by atoms with Crippen molar-refractivity contribution >= 4 is 21.6 Å². The van der Waals surface area contributed by atoms with E-state index in [1.165, 1.54) is 12.1 Å². The monoisotopic (exact) mass is 439 g/mol. The summed E-state index contributed by atoms with van der Waals surface area (Å²) in [5, 5.41) is 0. The molecule has 0 aliphatic rings. The number of hydrogen-bond donors (Lipinski definition) is 0. The van der Waals surface area contributed by atoms with Crippen LogP contribution in [0.25, 0.3) is 0 Å². The normalized spacial score (nSPS) is 11.4. The molecule has 3 rings (SSSR count). The van der Waals surface area contributed by atoms with Crippen LogP contribution < -0.4 is 0 Å². The van der Waals surface area contributed by atoms with Crippen molar-refractivity contribution < 1.29 is 22.7 Å². The highest BCUT2D eigenvalue weighted by atomic mass is 32.2. The third-order valence-electron chi connectivity index (χ3n) is 5.25. The van der Waals surface area contributed by atoms with Crippen LogP contribution in [-0.2, 0) is 21.1 Å². The maximum absolute atomic E-state index is 12.7. The Kier molecular flexibility index (Phi) is 6.45. The molecule has 0 unspecified atom stereocenters. The minimum Gasteiger partial charge on any atom is -0.454 e. The van der Waals surface area contributed by atoms with Crippen molar-refractivity contribution in [3.8, 4) is 0 Å². The Labute approximate surface area is 182 Å². The Morgan fingerprint density at radius 2 is 1.61 bits per heavy atom. The standard InChI is InChI=1S/C24H25NO5S/c1-16-10-11-20(31(4,28)29)13-21(16)24(27)30-15-23(26)22-12-17(2)25(18(22)3)14-19-8-6-5-7-9-19/h5-13H,14-15H2,1-4H3. The lowest BCUT2D eigenvalue weighted by atomic mass is 10.1. The summed E-state index contributed by atoms with van der Waals surface area (Å²) in [4.78, 5) is 25.3. The van der Waals surface area contributed by atoms with Gasteiger partial charge in [-0.2, -0.15) is 0 Å². The summed E-state index contributed by atoms with van der Waals surface area (Å²) >= 11 is 0. The van der Waals surface area contributed by atoms with Crippen LogP contribution >= 0.6 is 0 Å². The summed E-state index contributed by atoms with van der Waals surface area (Å²) in [5.41, 5.74) is 4.07. The van der Waals surface area contributed by atoms with E-state index in [9.17, 15) is 18.0 Å². The van der Waals surface area contributed by atoms with E-state index in [1.807, 2.05) is 48.7 Å². The molecule has 6 nitrogen and oxygen atoms in total. The van der Waals surface area contributed by atoms with Crippen molar-refractivity contribution in [2.24, 2.45) is 0 Å². The number of ether oxygens (including phenoxy) is 1. The number of rotatable bonds is 7. The molecule has 0 N–H and O–H groups in total. The van der Waals surface area contributed by atoms with Gasteiger partial charge < -0.3 is 9.30 Å². The topological polar surface area (TPSA) is 82.4 Å². The number of esters is 1. The molecule has 0 amide bonds. The summed E-state index contributed by atoms with van der Waals surface area (Å²) in [7, 11) is -3.46. The molecular weight excluding hydrogens is 414 g/mol. The first kappa shape index (κ1) is 22.5. The first-order valence-electron chi connectivity index (χ1n) is 9.79. The zero-order valence-corrected chi connectivity index (χ0v) is 18.8. The number of nitrogens with zero attached hydrogens (tertiary/aromatic N) is 1. The smallest absolute Gasteiger partial charge is 0.338 e. The van der Waals surface area contributed by atoms with E-state index in [0.29, 0.717) is 17.7 Å². The summed E-state index contributed by atoms with van der Waals surface area (Å²) < 4.78 is 30.8. The third kappa shape index (κ3) is 5.11. The SMILES string of the molecule is Cc1ccc(S(C)(=O)=O)cc1C(=O)OCC(=O)c1cc(C)n(Cc2ccccc2)c1C. The molecule has 0 radical (unpaired) electrons. The summed E-state index contributed by atoms with van der Waals surface area (Å²) in [6, 6.07) is 16.0. The lowest BCUT2D eigenvalue weighted by Gasteiger charge is -2.10. The number of carbonyl (C=O) groups excluding carboxylic acids is 2. The predicted molar refractivity (Wildman–Crippen MR) is 118 cm³/mol. The molecule has 0 spiro atoms. The van der Waals surface area contributed by atoms with Gasteiger partial charge in [-0.1, -0.05) is 36.4 Å². The van der Waals surface area contributed by atoms with Crippen LogP contribution in [-0.4, -0.2) is 37.6 Å². The molecule has 0 atom stereocenters. The second kappa shape index (κ2) is 8.89. The van der Waals surface area contributed by atoms with Crippen LogP contribution in [0.4, 0.5) is 0 Å². The van der Waals surface area contributed by atoms with Crippen LogP contribution in [0.1, 0.15) is 43.2 Å². The van der Waals surface area contributed by atoms with E-state index in [4.69, 9.17) is 4.74 Å². The number of benzene rings is 2. The highest BCUT2D eigenvalue weighted by molar-refractivity contribution is 7.90. The molecule has 3 aromatic rings. The molecule has 31 heavy (non-hydrogen) atoms. The fraction of sp³-hybridized carbons (Fsp3) is 0.250. The lowest BCUT2D eigenvalue weighted by Crippen LogP contribution is -2.16. The molecule has 0 bridgehead atoms.